The van der Waals surface area contributed by atoms with Crippen LogP contribution in [-0.4, -0.2) is 47.3 Å². The third-order valence-corrected chi connectivity index (χ3v) is 3.58. The topological polar surface area (TPSA) is 47.9 Å². The first kappa shape index (κ1) is 9.14. The normalized spacial score (nSPS) is 52.8. The average molecular weight is 286 g/mol. The molecule has 4 nitrogen and oxygen atoms in total. The molecule has 2 saturated heterocycles. The molecular weight excluding hydrogens is 275 g/mol. The molecule has 2 aliphatic rings. The van der Waals surface area contributed by atoms with E-state index in [1.807, 2.05) is 0 Å². The van der Waals surface area contributed by atoms with Crippen molar-refractivity contribution in [3.8, 4) is 0 Å². The molecule has 0 amide bonds. The molecular formula is C7H11IO4. The Hall–Kier alpha value is 0.570. The van der Waals surface area contributed by atoms with Gasteiger partial charge in [-0.15, -0.1) is 0 Å². The van der Waals surface area contributed by atoms with Crippen LogP contribution in [-0.2, 0) is 14.2 Å². The van der Waals surface area contributed by atoms with Gasteiger partial charge in [0.1, 0.15) is 18.3 Å². The number of aliphatic hydroxyl groups is 1. The van der Waals surface area contributed by atoms with Gasteiger partial charge in [-0.2, -0.15) is 0 Å². The highest BCUT2D eigenvalue weighted by atomic mass is 127. The molecule has 2 bridgehead atoms. The van der Waals surface area contributed by atoms with E-state index in [1.165, 1.54) is 0 Å². The molecule has 2 heterocycles. The van der Waals surface area contributed by atoms with E-state index in [0.717, 1.165) is 0 Å². The van der Waals surface area contributed by atoms with Gasteiger partial charge < -0.3 is 19.3 Å². The molecule has 70 valence electrons. The summed E-state index contributed by atoms with van der Waals surface area (Å²) in [5.41, 5.74) is 0. The fourth-order valence-corrected chi connectivity index (χ4v) is 2.70. The zero-order valence-corrected chi connectivity index (χ0v) is 8.80. The molecule has 0 aromatic heterocycles. The molecule has 0 radical (unpaired) electrons. The number of rotatable bonds is 1. The second kappa shape index (κ2) is 3.38. The van der Waals surface area contributed by atoms with Crippen LogP contribution in [0.1, 0.15) is 0 Å². The molecule has 5 heteroatoms. The van der Waals surface area contributed by atoms with E-state index in [9.17, 15) is 5.11 Å². The van der Waals surface area contributed by atoms with Crippen LogP contribution in [0, 0.1) is 0 Å². The Morgan fingerprint density at radius 1 is 1.58 bits per heavy atom. The Morgan fingerprint density at radius 3 is 3.00 bits per heavy atom. The maximum absolute atomic E-state index is 9.58. The van der Waals surface area contributed by atoms with Crippen molar-refractivity contribution in [1.29, 1.82) is 0 Å². The standard InChI is InChI=1S/C7H11IO4/c1-10-7-4(8)6-5(9)3(12-7)2-11-6/h3-7,9H,2H2,1H3/t3-,4+,5-,6-,7+/m1/s1. The van der Waals surface area contributed by atoms with Gasteiger partial charge in [-0.05, 0) is 0 Å². The van der Waals surface area contributed by atoms with Crippen LogP contribution in [0.4, 0.5) is 0 Å². The highest BCUT2D eigenvalue weighted by Crippen LogP contribution is 2.34. The number of fused-ring (bicyclic) bond motifs is 2. The molecule has 0 spiro atoms. The number of alkyl halides is 1. The Bertz CT molecular complexity index is 177. The monoisotopic (exact) mass is 286 g/mol. The van der Waals surface area contributed by atoms with E-state index in [2.05, 4.69) is 22.6 Å². The third kappa shape index (κ3) is 1.27. The van der Waals surface area contributed by atoms with Crippen molar-refractivity contribution in [2.24, 2.45) is 0 Å². The molecule has 0 aromatic rings. The van der Waals surface area contributed by atoms with Gasteiger partial charge in [0, 0.05) is 7.11 Å². The lowest BCUT2D eigenvalue weighted by atomic mass is 10.1. The van der Waals surface area contributed by atoms with Crippen molar-refractivity contribution in [1.82, 2.24) is 0 Å². The number of hydrogen-bond acceptors (Lipinski definition) is 4. The minimum Gasteiger partial charge on any atom is -0.388 e. The highest BCUT2D eigenvalue weighted by molar-refractivity contribution is 14.1. The Morgan fingerprint density at radius 2 is 2.33 bits per heavy atom. The third-order valence-electron chi connectivity index (χ3n) is 2.29. The summed E-state index contributed by atoms with van der Waals surface area (Å²) in [7, 11) is 1.60. The summed E-state index contributed by atoms with van der Waals surface area (Å²) >= 11 is 2.19. The van der Waals surface area contributed by atoms with Crippen LogP contribution in [0.15, 0.2) is 0 Å². The lowest BCUT2D eigenvalue weighted by Gasteiger charge is -2.34. The SMILES string of the molecule is CO[C@H]1O[C@@H]2CO[C@@H]([C@@H]2O)[C@@H]1I. The lowest BCUT2D eigenvalue weighted by Crippen LogP contribution is -2.50. The number of hydrogen-bond donors (Lipinski definition) is 1. The van der Waals surface area contributed by atoms with E-state index in [0.29, 0.717) is 6.61 Å². The molecule has 2 rings (SSSR count). The summed E-state index contributed by atoms with van der Waals surface area (Å²) < 4.78 is 16.0. The molecule has 0 aliphatic carbocycles. The van der Waals surface area contributed by atoms with E-state index in [1.54, 1.807) is 7.11 Å². The zero-order valence-electron chi connectivity index (χ0n) is 6.64. The van der Waals surface area contributed by atoms with Crippen LogP contribution in [0.5, 0.6) is 0 Å². The second-order valence-corrected chi connectivity index (χ2v) is 4.45. The molecule has 2 aliphatic heterocycles. The molecule has 1 N–H and O–H groups in total. The lowest BCUT2D eigenvalue weighted by molar-refractivity contribution is -0.194. The van der Waals surface area contributed by atoms with Crippen LogP contribution in [0.3, 0.4) is 0 Å². The predicted molar refractivity (Wildman–Crippen MR) is 49.2 cm³/mol. The molecule has 2 fully saturated rings. The summed E-state index contributed by atoms with van der Waals surface area (Å²) in [6.07, 6.45) is -1.06. The summed E-state index contributed by atoms with van der Waals surface area (Å²) in [5.74, 6) is 0. The Labute approximate surface area is 84.3 Å². The Balaban J connectivity index is 2.12. The van der Waals surface area contributed by atoms with Crippen molar-refractivity contribution < 1.29 is 19.3 Å². The minimum absolute atomic E-state index is 0.0707. The van der Waals surface area contributed by atoms with Gasteiger partial charge in [0.2, 0.25) is 0 Å². The molecule has 0 saturated carbocycles. The van der Waals surface area contributed by atoms with E-state index in [4.69, 9.17) is 14.2 Å². The van der Waals surface area contributed by atoms with E-state index < -0.39 is 6.10 Å². The summed E-state index contributed by atoms with van der Waals surface area (Å²) in [6.45, 7) is 0.477. The van der Waals surface area contributed by atoms with Crippen LogP contribution >= 0.6 is 22.6 Å². The minimum atomic E-state index is -0.488. The van der Waals surface area contributed by atoms with Crippen molar-refractivity contribution in [3.05, 3.63) is 0 Å². The van der Waals surface area contributed by atoms with Gasteiger partial charge in [-0.3, -0.25) is 0 Å². The van der Waals surface area contributed by atoms with Crippen LogP contribution < -0.4 is 0 Å². The number of aliphatic hydroxyl groups excluding tert-OH is 1. The highest BCUT2D eigenvalue weighted by Gasteiger charge is 2.49. The maximum atomic E-state index is 9.58. The van der Waals surface area contributed by atoms with Crippen molar-refractivity contribution >= 4 is 22.6 Å². The average Bonchev–Trinajstić information content (AvgIpc) is 2.31. The number of halogens is 1. The number of methoxy groups -OCH3 is 1. The van der Waals surface area contributed by atoms with Gasteiger partial charge in [0.05, 0.1) is 10.5 Å². The molecule has 12 heavy (non-hydrogen) atoms. The molecule has 0 unspecified atom stereocenters. The zero-order chi connectivity index (χ0) is 8.72. The van der Waals surface area contributed by atoms with Gasteiger partial charge in [0.25, 0.3) is 0 Å². The number of ether oxygens (including phenoxy) is 3. The first-order chi connectivity index (χ1) is 5.74. The fraction of sp³-hybridized carbons (Fsp3) is 1.00. The predicted octanol–water partition coefficient (Wildman–Crippen LogP) is -0.0790. The van der Waals surface area contributed by atoms with E-state index in [-0.39, 0.29) is 22.4 Å². The summed E-state index contributed by atoms with van der Waals surface area (Å²) in [5, 5.41) is 9.58. The van der Waals surface area contributed by atoms with Gasteiger partial charge in [-0.25, -0.2) is 0 Å². The maximum Gasteiger partial charge on any atom is 0.172 e. The van der Waals surface area contributed by atoms with Gasteiger partial charge >= 0.3 is 0 Å². The second-order valence-electron chi connectivity index (χ2n) is 3.01. The van der Waals surface area contributed by atoms with Crippen molar-refractivity contribution in [3.63, 3.8) is 0 Å². The fourth-order valence-electron chi connectivity index (χ4n) is 1.60. The Kier molecular flexibility index (Phi) is 2.57. The van der Waals surface area contributed by atoms with Crippen molar-refractivity contribution in [2.75, 3.05) is 13.7 Å². The first-order valence-corrected chi connectivity index (χ1v) is 5.10. The van der Waals surface area contributed by atoms with Crippen molar-refractivity contribution in [2.45, 2.75) is 28.5 Å². The quantitative estimate of drug-likeness (QED) is 0.541. The van der Waals surface area contributed by atoms with Gasteiger partial charge in [0.15, 0.2) is 6.29 Å². The summed E-state index contributed by atoms with van der Waals surface area (Å²) in [6, 6.07) is 0. The van der Waals surface area contributed by atoms with Gasteiger partial charge in [-0.1, -0.05) is 22.6 Å². The van der Waals surface area contributed by atoms with Crippen LogP contribution in [0.2, 0.25) is 0 Å². The molecule has 0 aromatic carbocycles. The summed E-state index contributed by atoms with van der Waals surface area (Å²) in [4.78, 5) is 0. The first-order valence-electron chi connectivity index (χ1n) is 3.86. The van der Waals surface area contributed by atoms with E-state index >= 15 is 0 Å². The smallest absolute Gasteiger partial charge is 0.172 e. The van der Waals surface area contributed by atoms with Crippen LogP contribution in [0.25, 0.3) is 0 Å². The molecule has 5 atom stereocenters. The largest absolute Gasteiger partial charge is 0.388 e.